The second-order valence-electron chi connectivity index (χ2n) is 6.30. The smallest absolute Gasteiger partial charge is 0.272 e. The lowest BCUT2D eigenvalue weighted by Gasteiger charge is -2.31. The van der Waals surface area contributed by atoms with Gasteiger partial charge in [-0.2, -0.15) is 0 Å². The van der Waals surface area contributed by atoms with Crippen LogP contribution in [0.25, 0.3) is 11.0 Å². The summed E-state index contributed by atoms with van der Waals surface area (Å²) in [6.07, 6.45) is 3.69. The first-order valence-electron chi connectivity index (χ1n) is 8.62. The molecule has 6 heteroatoms. The first-order valence-corrected chi connectivity index (χ1v) is 9.88. The predicted molar refractivity (Wildman–Crippen MR) is 106 cm³/mol. The number of pyridine rings is 2. The van der Waals surface area contributed by atoms with Crippen molar-refractivity contribution >= 4 is 40.3 Å². The van der Waals surface area contributed by atoms with Crippen LogP contribution in [0.4, 0.5) is 0 Å². The van der Waals surface area contributed by atoms with Crippen molar-refractivity contribution in [3.05, 3.63) is 65.4 Å². The summed E-state index contributed by atoms with van der Waals surface area (Å²) in [6, 6.07) is 15.3. The van der Waals surface area contributed by atoms with Crippen LogP contribution in [0.1, 0.15) is 23.3 Å². The van der Waals surface area contributed by atoms with Crippen molar-refractivity contribution < 1.29 is 4.79 Å². The summed E-state index contributed by atoms with van der Waals surface area (Å²) in [6.45, 7) is 1.52. The van der Waals surface area contributed by atoms with Crippen LogP contribution in [-0.4, -0.2) is 39.1 Å². The summed E-state index contributed by atoms with van der Waals surface area (Å²) < 4.78 is 0. The highest BCUT2D eigenvalue weighted by molar-refractivity contribution is 8.00. The van der Waals surface area contributed by atoms with Crippen LogP contribution in [0.5, 0.6) is 0 Å². The van der Waals surface area contributed by atoms with E-state index >= 15 is 0 Å². The van der Waals surface area contributed by atoms with Crippen molar-refractivity contribution in [3.8, 4) is 0 Å². The summed E-state index contributed by atoms with van der Waals surface area (Å²) in [5, 5.41) is 1.28. The lowest BCUT2D eigenvalue weighted by Crippen LogP contribution is -2.39. The van der Waals surface area contributed by atoms with E-state index in [4.69, 9.17) is 11.6 Å². The van der Waals surface area contributed by atoms with Crippen molar-refractivity contribution in [1.82, 2.24) is 14.9 Å². The number of benzene rings is 1. The monoisotopic (exact) mass is 383 g/mol. The maximum absolute atomic E-state index is 12.8. The Balaban J connectivity index is 1.38. The molecule has 1 aliphatic rings. The van der Waals surface area contributed by atoms with E-state index in [9.17, 15) is 4.79 Å². The lowest BCUT2D eigenvalue weighted by atomic mass is 10.1. The zero-order valence-electron chi connectivity index (χ0n) is 14.1. The molecule has 0 unspecified atom stereocenters. The zero-order valence-corrected chi connectivity index (χ0v) is 15.7. The van der Waals surface area contributed by atoms with Gasteiger partial charge in [-0.3, -0.25) is 9.78 Å². The summed E-state index contributed by atoms with van der Waals surface area (Å²) in [7, 11) is 0. The number of nitrogens with zero attached hydrogens (tertiary/aromatic N) is 3. The number of fused-ring (bicyclic) bond motifs is 1. The van der Waals surface area contributed by atoms with Gasteiger partial charge in [-0.05, 0) is 61.4 Å². The fourth-order valence-corrected chi connectivity index (χ4v) is 4.37. The first-order chi connectivity index (χ1) is 12.7. The average Bonchev–Trinajstić information content (AvgIpc) is 2.69. The largest absolute Gasteiger partial charge is 0.337 e. The van der Waals surface area contributed by atoms with Gasteiger partial charge < -0.3 is 4.90 Å². The SMILES string of the molecule is O=C(c1ccc2ncccc2n1)N1CCC(Sc2ccc(Cl)cc2)CC1. The molecule has 0 saturated carbocycles. The molecule has 0 radical (unpaired) electrons. The Morgan fingerprint density at radius 2 is 1.81 bits per heavy atom. The summed E-state index contributed by atoms with van der Waals surface area (Å²) in [5.74, 6) is 0.00527. The standard InChI is InChI=1S/C20H18ClN3OS/c21-14-3-5-15(6-4-14)26-16-9-12-24(13-10-16)20(25)19-8-7-17-18(23-19)2-1-11-22-17/h1-8,11,16H,9-10,12-13H2. The third kappa shape index (κ3) is 3.84. The number of carbonyl (C=O) groups excluding carboxylic acids is 1. The topological polar surface area (TPSA) is 46.1 Å². The van der Waals surface area contributed by atoms with Crippen LogP contribution in [0.3, 0.4) is 0 Å². The highest BCUT2D eigenvalue weighted by Gasteiger charge is 2.25. The fourth-order valence-electron chi connectivity index (χ4n) is 3.12. The minimum Gasteiger partial charge on any atom is -0.337 e. The van der Waals surface area contributed by atoms with E-state index in [1.807, 2.05) is 47.0 Å². The van der Waals surface area contributed by atoms with E-state index < -0.39 is 0 Å². The molecule has 0 atom stereocenters. The van der Waals surface area contributed by atoms with E-state index in [1.165, 1.54) is 4.90 Å². The third-order valence-corrected chi connectivity index (χ3v) is 6.12. The van der Waals surface area contributed by atoms with Gasteiger partial charge in [0.15, 0.2) is 0 Å². The number of rotatable bonds is 3. The maximum Gasteiger partial charge on any atom is 0.272 e. The highest BCUT2D eigenvalue weighted by Crippen LogP contribution is 2.31. The van der Waals surface area contributed by atoms with Crippen LogP contribution in [0.2, 0.25) is 5.02 Å². The van der Waals surface area contributed by atoms with E-state index in [0.717, 1.165) is 42.0 Å². The van der Waals surface area contributed by atoms with Crippen molar-refractivity contribution in [2.24, 2.45) is 0 Å². The molecule has 0 bridgehead atoms. The van der Waals surface area contributed by atoms with E-state index in [2.05, 4.69) is 22.1 Å². The molecule has 4 nitrogen and oxygen atoms in total. The molecule has 1 aliphatic heterocycles. The van der Waals surface area contributed by atoms with Gasteiger partial charge in [-0.1, -0.05) is 11.6 Å². The van der Waals surface area contributed by atoms with Gasteiger partial charge in [0, 0.05) is 34.5 Å². The molecule has 0 spiro atoms. The quantitative estimate of drug-likeness (QED) is 0.658. The molecule has 1 aromatic carbocycles. The number of amides is 1. The van der Waals surface area contributed by atoms with Crippen molar-refractivity contribution in [2.75, 3.05) is 13.1 Å². The molecule has 132 valence electrons. The van der Waals surface area contributed by atoms with Gasteiger partial charge >= 0.3 is 0 Å². The molecule has 4 rings (SSSR count). The zero-order chi connectivity index (χ0) is 17.9. The van der Waals surface area contributed by atoms with Crippen molar-refractivity contribution in [3.63, 3.8) is 0 Å². The van der Waals surface area contributed by atoms with Crippen LogP contribution >= 0.6 is 23.4 Å². The van der Waals surface area contributed by atoms with Gasteiger partial charge in [0.2, 0.25) is 0 Å². The molecule has 2 aromatic heterocycles. The number of halogens is 1. The van der Waals surface area contributed by atoms with Crippen molar-refractivity contribution in [1.29, 1.82) is 0 Å². The minimum absolute atomic E-state index is 0.00527. The Hall–Kier alpha value is -2.11. The molecule has 0 N–H and O–H groups in total. The molecule has 0 aliphatic carbocycles. The Labute approximate surface area is 161 Å². The lowest BCUT2D eigenvalue weighted by molar-refractivity contribution is 0.0722. The normalized spacial score (nSPS) is 15.3. The Bertz CT molecular complexity index is 924. The molecule has 3 aromatic rings. The average molecular weight is 384 g/mol. The van der Waals surface area contributed by atoms with Gasteiger partial charge in [-0.15, -0.1) is 11.8 Å². The Morgan fingerprint density at radius 1 is 1.04 bits per heavy atom. The van der Waals surface area contributed by atoms with E-state index in [-0.39, 0.29) is 5.91 Å². The van der Waals surface area contributed by atoms with Crippen LogP contribution in [0, 0.1) is 0 Å². The predicted octanol–water partition coefficient (Wildman–Crippen LogP) is 4.68. The number of thioether (sulfide) groups is 1. The Kier molecular flexibility index (Phi) is 5.09. The van der Waals surface area contributed by atoms with Gasteiger partial charge in [-0.25, -0.2) is 4.98 Å². The molecule has 1 amide bonds. The summed E-state index contributed by atoms with van der Waals surface area (Å²) in [4.78, 5) is 24.6. The second kappa shape index (κ2) is 7.64. The fraction of sp³-hybridized carbons (Fsp3) is 0.250. The molecule has 26 heavy (non-hydrogen) atoms. The first kappa shape index (κ1) is 17.3. The molecule has 1 fully saturated rings. The third-order valence-electron chi connectivity index (χ3n) is 4.52. The number of hydrogen-bond acceptors (Lipinski definition) is 4. The number of likely N-dealkylation sites (tertiary alicyclic amines) is 1. The van der Waals surface area contributed by atoms with Crippen LogP contribution < -0.4 is 0 Å². The summed E-state index contributed by atoms with van der Waals surface area (Å²) in [5.41, 5.74) is 2.06. The highest BCUT2D eigenvalue weighted by atomic mass is 35.5. The minimum atomic E-state index is 0.00527. The van der Waals surface area contributed by atoms with Crippen molar-refractivity contribution in [2.45, 2.75) is 23.0 Å². The number of hydrogen-bond donors (Lipinski definition) is 0. The molecule has 1 saturated heterocycles. The number of piperidine rings is 1. The van der Waals surface area contributed by atoms with E-state index in [1.54, 1.807) is 12.3 Å². The summed E-state index contributed by atoms with van der Waals surface area (Å²) >= 11 is 7.80. The molecular weight excluding hydrogens is 366 g/mol. The second-order valence-corrected chi connectivity index (χ2v) is 8.11. The van der Waals surface area contributed by atoms with Crippen LogP contribution in [-0.2, 0) is 0 Å². The van der Waals surface area contributed by atoms with Crippen LogP contribution in [0.15, 0.2) is 59.6 Å². The number of carbonyl (C=O) groups is 1. The van der Waals surface area contributed by atoms with Gasteiger partial charge in [0.05, 0.1) is 11.0 Å². The Morgan fingerprint density at radius 3 is 2.58 bits per heavy atom. The van der Waals surface area contributed by atoms with Gasteiger partial charge in [0.25, 0.3) is 5.91 Å². The van der Waals surface area contributed by atoms with E-state index in [0.29, 0.717) is 10.9 Å². The van der Waals surface area contributed by atoms with Gasteiger partial charge in [0.1, 0.15) is 5.69 Å². The molecular formula is C20H18ClN3OS. The number of aromatic nitrogens is 2. The maximum atomic E-state index is 12.8. The molecule has 3 heterocycles.